The van der Waals surface area contributed by atoms with Crippen molar-refractivity contribution >= 4 is 28.6 Å². The molecule has 0 radical (unpaired) electrons. The van der Waals surface area contributed by atoms with Gasteiger partial charge in [0.15, 0.2) is 0 Å². The number of methoxy groups -OCH3 is 2. The van der Waals surface area contributed by atoms with E-state index in [0.717, 1.165) is 0 Å². The Bertz CT molecular complexity index is 437. The fourth-order valence-electron chi connectivity index (χ4n) is 1.14. The van der Waals surface area contributed by atoms with Crippen molar-refractivity contribution in [2.75, 3.05) is 14.2 Å². The first kappa shape index (κ1) is 11.8. The summed E-state index contributed by atoms with van der Waals surface area (Å²) in [5, 5.41) is 8.95. The van der Waals surface area contributed by atoms with Crippen LogP contribution in [0.15, 0.2) is 12.1 Å². The number of nitrogens with zero attached hydrogens (tertiary/aromatic N) is 1. The summed E-state index contributed by atoms with van der Waals surface area (Å²) < 4.78 is 10.3. The largest absolute Gasteiger partial charge is 0.496 e. The van der Waals surface area contributed by atoms with E-state index in [1.54, 1.807) is 12.1 Å². The number of halogens is 1. The smallest absolute Gasteiger partial charge is 0.343 e. The molecule has 0 atom stereocenters. The van der Waals surface area contributed by atoms with Crippen LogP contribution in [0.3, 0.4) is 0 Å². The molecule has 0 aliphatic rings. The molecule has 0 saturated carbocycles. The number of hydrogen-bond acceptors (Lipinski definition) is 4. The molecular weight excluding hydrogens is 309 g/mol. The van der Waals surface area contributed by atoms with Gasteiger partial charge in [-0.1, -0.05) is 0 Å². The van der Waals surface area contributed by atoms with Crippen LogP contribution in [-0.4, -0.2) is 20.2 Å². The van der Waals surface area contributed by atoms with E-state index in [9.17, 15) is 4.79 Å². The molecule has 0 aliphatic carbocycles. The summed E-state index contributed by atoms with van der Waals surface area (Å²) in [5.41, 5.74) is 0.455. The third-order valence-electron chi connectivity index (χ3n) is 1.84. The Hall–Kier alpha value is -1.29. The Labute approximate surface area is 101 Å². The zero-order valence-corrected chi connectivity index (χ0v) is 10.4. The third-order valence-corrected chi connectivity index (χ3v) is 2.74. The molecule has 5 heteroatoms. The molecule has 0 heterocycles. The van der Waals surface area contributed by atoms with Crippen molar-refractivity contribution in [3.63, 3.8) is 0 Å². The van der Waals surface area contributed by atoms with Crippen molar-refractivity contribution in [2.24, 2.45) is 0 Å². The Morgan fingerprint density at radius 3 is 2.60 bits per heavy atom. The Morgan fingerprint density at radius 2 is 2.13 bits per heavy atom. The summed E-state index contributed by atoms with van der Waals surface area (Å²) in [7, 11) is 2.71. The van der Waals surface area contributed by atoms with Gasteiger partial charge < -0.3 is 9.47 Å². The van der Waals surface area contributed by atoms with Crippen molar-refractivity contribution in [3.8, 4) is 11.8 Å². The Balaban J connectivity index is 3.49. The molecular formula is C10H8INO3. The van der Waals surface area contributed by atoms with Crippen molar-refractivity contribution < 1.29 is 14.3 Å². The van der Waals surface area contributed by atoms with Crippen LogP contribution in [0.4, 0.5) is 0 Å². The number of ether oxygens (including phenoxy) is 2. The van der Waals surface area contributed by atoms with Gasteiger partial charge >= 0.3 is 5.97 Å². The molecule has 0 spiro atoms. The SMILES string of the molecule is COC(=O)c1c(OC)ccc(I)c1C#N. The summed E-state index contributed by atoms with van der Waals surface area (Å²) in [4.78, 5) is 11.5. The van der Waals surface area contributed by atoms with Crippen LogP contribution in [0.5, 0.6) is 5.75 Å². The molecule has 0 aromatic heterocycles. The van der Waals surface area contributed by atoms with Crippen molar-refractivity contribution in [1.29, 1.82) is 5.26 Å². The van der Waals surface area contributed by atoms with Gasteiger partial charge in [-0.3, -0.25) is 0 Å². The molecule has 1 aromatic carbocycles. The summed E-state index contributed by atoms with van der Waals surface area (Å²) in [5.74, 6) is -0.222. The minimum atomic E-state index is -0.568. The first-order chi connectivity index (χ1) is 7.15. The number of carbonyl (C=O) groups excluding carboxylic acids is 1. The topological polar surface area (TPSA) is 59.3 Å². The fourth-order valence-corrected chi connectivity index (χ4v) is 1.71. The molecule has 1 rings (SSSR count). The zero-order chi connectivity index (χ0) is 11.4. The number of carbonyl (C=O) groups is 1. The lowest BCUT2D eigenvalue weighted by Crippen LogP contribution is -2.08. The van der Waals surface area contributed by atoms with E-state index in [0.29, 0.717) is 9.32 Å². The molecule has 78 valence electrons. The van der Waals surface area contributed by atoms with Gasteiger partial charge in [0.25, 0.3) is 0 Å². The molecule has 0 unspecified atom stereocenters. The summed E-state index contributed by atoms with van der Waals surface area (Å²) in [6.45, 7) is 0. The predicted octanol–water partition coefficient (Wildman–Crippen LogP) is 1.96. The van der Waals surface area contributed by atoms with Crippen molar-refractivity contribution in [2.45, 2.75) is 0 Å². The average molecular weight is 317 g/mol. The van der Waals surface area contributed by atoms with E-state index in [2.05, 4.69) is 4.74 Å². The number of hydrogen-bond donors (Lipinski definition) is 0. The van der Waals surface area contributed by atoms with Crippen molar-refractivity contribution in [1.82, 2.24) is 0 Å². The van der Waals surface area contributed by atoms with Crippen LogP contribution in [-0.2, 0) is 4.74 Å². The molecule has 15 heavy (non-hydrogen) atoms. The number of rotatable bonds is 2. The third kappa shape index (κ3) is 2.21. The normalized spacial score (nSPS) is 9.20. The van der Waals surface area contributed by atoms with Crippen LogP contribution >= 0.6 is 22.6 Å². The second-order valence-electron chi connectivity index (χ2n) is 2.60. The maximum absolute atomic E-state index is 11.5. The number of esters is 1. The van der Waals surface area contributed by atoms with Gasteiger partial charge in [-0.25, -0.2) is 4.79 Å². The van der Waals surface area contributed by atoms with E-state index in [4.69, 9.17) is 10.00 Å². The highest BCUT2D eigenvalue weighted by Crippen LogP contribution is 2.26. The van der Waals surface area contributed by atoms with Crippen LogP contribution in [0.25, 0.3) is 0 Å². The summed E-state index contributed by atoms with van der Waals surface area (Å²) >= 11 is 1.98. The predicted molar refractivity (Wildman–Crippen MR) is 61.8 cm³/mol. The highest BCUT2D eigenvalue weighted by molar-refractivity contribution is 14.1. The maximum atomic E-state index is 11.5. The van der Waals surface area contributed by atoms with Crippen LogP contribution in [0, 0.1) is 14.9 Å². The number of benzene rings is 1. The highest BCUT2D eigenvalue weighted by Gasteiger charge is 2.20. The maximum Gasteiger partial charge on any atom is 0.343 e. The molecule has 0 fully saturated rings. The minimum Gasteiger partial charge on any atom is -0.496 e. The van der Waals surface area contributed by atoms with Gasteiger partial charge in [-0.2, -0.15) is 5.26 Å². The average Bonchev–Trinajstić information content (AvgIpc) is 2.27. The molecule has 0 N–H and O–H groups in total. The quantitative estimate of drug-likeness (QED) is 0.618. The Morgan fingerprint density at radius 1 is 1.47 bits per heavy atom. The fraction of sp³-hybridized carbons (Fsp3) is 0.200. The minimum absolute atomic E-state index is 0.175. The molecule has 0 saturated heterocycles. The van der Waals surface area contributed by atoms with Crippen LogP contribution in [0.2, 0.25) is 0 Å². The van der Waals surface area contributed by atoms with Crippen molar-refractivity contribution in [3.05, 3.63) is 26.8 Å². The van der Waals surface area contributed by atoms with E-state index in [1.165, 1.54) is 14.2 Å². The standard InChI is InChI=1S/C10H8INO3/c1-14-8-4-3-7(11)6(5-12)9(8)10(13)15-2/h3-4H,1-2H3. The van der Waals surface area contributed by atoms with E-state index >= 15 is 0 Å². The lowest BCUT2D eigenvalue weighted by Gasteiger charge is -2.09. The van der Waals surface area contributed by atoms with Gasteiger partial charge in [0.2, 0.25) is 0 Å². The van der Waals surface area contributed by atoms with Gasteiger partial charge in [0, 0.05) is 3.57 Å². The monoisotopic (exact) mass is 317 g/mol. The summed E-state index contributed by atoms with van der Waals surface area (Å²) in [6, 6.07) is 5.31. The molecule has 0 aliphatic heterocycles. The highest BCUT2D eigenvalue weighted by atomic mass is 127. The molecule has 1 aromatic rings. The molecule has 0 bridgehead atoms. The van der Waals surface area contributed by atoms with Gasteiger partial charge in [-0.05, 0) is 34.7 Å². The first-order valence-electron chi connectivity index (χ1n) is 4.00. The first-order valence-corrected chi connectivity index (χ1v) is 5.08. The van der Waals surface area contributed by atoms with Crippen LogP contribution in [0.1, 0.15) is 15.9 Å². The van der Waals surface area contributed by atoms with Gasteiger partial charge in [0.05, 0.1) is 19.8 Å². The van der Waals surface area contributed by atoms with Gasteiger partial charge in [-0.15, -0.1) is 0 Å². The Kier molecular flexibility index (Phi) is 3.91. The number of nitriles is 1. The second-order valence-corrected chi connectivity index (χ2v) is 3.77. The lowest BCUT2D eigenvalue weighted by atomic mass is 10.1. The van der Waals surface area contributed by atoms with E-state index < -0.39 is 5.97 Å². The second kappa shape index (κ2) is 4.98. The summed E-state index contributed by atoms with van der Waals surface area (Å²) in [6.07, 6.45) is 0. The molecule has 4 nitrogen and oxygen atoms in total. The zero-order valence-electron chi connectivity index (χ0n) is 8.20. The van der Waals surface area contributed by atoms with Gasteiger partial charge in [0.1, 0.15) is 17.4 Å². The molecule has 0 amide bonds. The van der Waals surface area contributed by atoms with E-state index in [-0.39, 0.29) is 11.1 Å². The van der Waals surface area contributed by atoms with E-state index in [1.807, 2.05) is 28.7 Å². The lowest BCUT2D eigenvalue weighted by molar-refractivity contribution is 0.0596. The van der Waals surface area contributed by atoms with Crippen LogP contribution < -0.4 is 4.74 Å².